The number of nitrogens with zero attached hydrogens (tertiary/aromatic N) is 4. The third-order valence-electron chi connectivity index (χ3n) is 5.96. The maximum absolute atomic E-state index is 13.8. The van der Waals surface area contributed by atoms with Crippen molar-refractivity contribution in [3.8, 4) is 0 Å². The lowest BCUT2D eigenvalue weighted by atomic mass is 10.00. The fraction of sp³-hybridized carbons (Fsp3) is 0.292. The highest BCUT2D eigenvalue weighted by molar-refractivity contribution is 7.19. The van der Waals surface area contributed by atoms with Gasteiger partial charge >= 0.3 is 0 Å². The Morgan fingerprint density at radius 3 is 2.73 bits per heavy atom. The molecule has 1 aliphatic rings. The van der Waals surface area contributed by atoms with Crippen molar-refractivity contribution in [2.75, 3.05) is 27.2 Å². The molecule has 0 saturated carbocycles. The molecule has 4 aromatic rings. The highest BCUT2D eigenvalue weighted by atomic mass is 32.1. The summed E-state index contributed by atoms with van der Waals surface area (Å²) in [6.45, 7) is 3.14. The van der Waals surface area contributed by atoms with Gasteiger partial charge < -0.3 is 14.9 Å². The molecule has 3 aromatic heterocycles. The van der Waals surface area contributed by atoms with Crippen molar-refractivity contribution < 1.29 is 14.7 Å². The molecule has 0 radical (unpaired) electrons. The normalized spacial score (nSPS) is 16.8. The highest BCUT2D eigenvalue weighted by Crippen LogP contribution is 2.42. The van der Waals surface area contributed by atoms with Crippen LogP contribution >= 0.6 is 22.7 Å². The monoisotopic (exact) mass is 480 g/mol. The standard InChI is InChI=1S/C24H24N4O3S2/c1-14-22(33-24-25-15-8-4-5-9-16(15)28(14)24)20(29)18-19(17-10-6-13-32-17)27(23(31)21(18)30)12-7-11-26(2)3/h4-6,8-10,13,19,30H,7,11-12H2,1-3H3. The number of para-hydroxylation sites is 2. The molecule has 0 bridgehead atoms. The van der Waals surface area contributed by atoms with Crippen LogP contribution in [0.3, 0.4) is 0 Å². The largest absolute Gasteiger partial charge is 0.503 e. The number of hydrogen-bond donors (Lipinski definition) is 1. The molecule has 0 aliphatic carbocycles. The maximum Gasteiger partial charge on any atom is 0.290 e. The van der Waals surface area contributed by atoms with Crippen molar-refractivity contribution in [2.45, 2.75) is 19.4 Å². The Bertz CT molecular complexity index is 1400. The predicted molar refractivity (Wildman–Crippen MR) is 131 cm³/mol. The number of fused-ring (bicyclic) bond motifs is 3. The Balaban J connectivity index is 1.57. The van der Waals surface area contributed by atoms with Gasteiger partial charge in [0.15, 0.2) is 10.7 Å². The number of benzene rings is 1. The molecule has 0 saturated heterocycles. The summed E-state index contributed by atoms with van der Waals surface area (Å²) in [6, 6.07) is 11.0. The first kappa shape index (κ1) is 21.8. The first-order valence-corrected chi connectivity index (χ1v) is 12.4. The summed E-state index contributed by atoms with van der Waals surface area (Å²) in [6.07, 6.45) is 0.743. The van der Waals surface area contributed by atoms with E-state index in [2.05, 4.69) is 9.88 Å². The van der Waals surface area contributed by atoms with Crippen molar-refractivity contribution >= 4 is 50.4 Å². The molecule has 9 heteroatoms. The van der Waals surface area contributed by atoms with Crippen molar-refractivity contribution in [3.05, 3.63) is 68.6 Å². The molecule has 1 N–H and O–H groups in total. The van der Waals surface area contributed by atoms with Crippen molar-refractivity contribution in [1.29, 1.82) is 0 Å². The Morgan fingerprint density at radius 2 is 2.00 bits per heavy atom. The minimum Gasteiger partial charge on any atom is -0.503 e. The molecular weight excluding hydrogens is 456 g/mol. The van der Waals surface area contributed by atoms with Gasteiger partial charge in [-0.25, -0.2) is 4.98 Å². The summed E-state index contributed by atoms with van der Waals surface area (Å²) in [7, 11) is 3.96. The highest BCUT2D eigenvalue weighted by Gasteiger charge is 2.44. The van der Waals surface area contributed by atoms with Gasteiger partial charge in [-0.1, -0.05) is 29.5 Å². The van der Waals surface area contributed by atoms with Crippen LogP contribution in [-0.2, 0) is 4.79 Å². The number of amides is 1. The third kappa shape index (κ3) is 3.56. The zero-order chi connectivity index (χ0) is 23.3. The molecular formula is C24H24N4O3S2. The van der Waals surface area contributed by atoms with Gasteiger partial charge in [-0.2, -0.15) is 0 Å². The molecule has 33 heavy (non-hydrogen) atoms. The third-order valence-corrected chi connectivity index (χ3v) is 8.03. The van der Waals surface area contributed by atoms with Crippen LogP contribution in [0.15, 0.2) is 53.1 Å². The number of thiazole rings is 1. The Labute approximate surface area is 199 Å². The van der Waals surface area contributed by atoms with E-state index in [1.165, 1.54) is 22.7 Å². The number of carbonyl (C=O) groups excluding carboxylic acids is 2. The van der Waals surface area contributed by atoms with E-state index < -0.39 is 17.7 Å². The van der Waals surface area contributed by atoms with E-state index in [0.717, 1.165) is 39.5 Å². The lowest BCUT2D eigenvalue weighted by Crippen LogP contribution is -2.33. The van der Waals surface area contributed by atoms with Crippen LogP contribution < -0.4 is 0 Å². The molecule has 4 heterocycles. The summed E-state index contributed by atoms with van der Waals surface area (Å²) in [5.74, 6) is -1.25. The van der Waals surface area contributed by atoms with E-state index in [0.29, 0.717) is 11.4 Å². The van der Waals surface area contributed by atoms with Gasteiger partial charge in [0.05, 0.1) is 27.5 Å². The number of ketones is 1. The number of Topliss-reactive ketones (excluding diaryl/α,β-unsaturated/α-hetero) is 1. The van der Waals surface area contributed by atoms with E-state index >= 15 is 0 Å². The van der Waals surface area contributed by atoms with Gasteiger partial charge in [-0.3, -0.25) is 14.0 Å². The van der Waals surface area contributed by atoms with E-state index in [-0.39, 0.29) is 11.4 Å². The number of hydrogen-bond acceptors (Lipinski definition) is 7. The van der Waals surface area contributed by atoms with Crippen LogP contribution in [0, 0.1) is 6.92 Å². The molecule has 1 unspecified atom stereocenters. The average molecular weight is 481 g/mol. The van der Waals surface area contributed by atoms with Crippen molar-refractivity contribution in [2.24, 2.45) is 0 Å². The van der Waals surface area contributed by atoms with Crippen molar-refractivity contribution in [3.63, 3.8) is 0 Å². The molecule has 1 aromatic carbocycles. The fourth-order valence-electron chi connectivity index (χ4n) is 4.41. The van der Waals surface area contributed by atoms with Gasteiger partial charge in [0.2, 0.25) is 5.78 Å². The number of aryl methyl sites for hydroxylation is 1. The fourth-order valence-corrected chi connectivity index (χ4v) is 6.35. The van der Waals surface area contributed by atoms with E-state index in [4.69, 9.17) is 0 Å². The predicted octanol–water partition coefficient (Wildman–Crippen LogP) is 4.45. The molecule has 0 fully saturated rings. The number of aliphatic hydroxyl groups excluding tert-OH is 1. The van der Waals surface area contributed by atoms with Crippen LogP contribution in [0.1, 0.15) is 32.7 Å². The first-order valence-electron chi connectivity index (χ1n) is 10.7. The number of rotatable bonds is 7. The van der Waals surface area contributed by atoms with E-state index in [9.17, 15) is 14.7 Å². The summed E-state index contributed by atoms with van der Waals surface area (Å²) in [5, 5.41) is 12.8. The van der Waals surface area contributed by atoms with Gasteiger partial charge in [0.25, 0.3) is 5.91 Å². The second-order valence-electron chi connectivity index (χ2n) is 8.40. The minimum absolute atomic E-state index is 0.157. The summed E-state index contributed by atoms with van der Waals surface area (Å²) in [4.78, 5) is 37.3. The van der Waals surface area contributed by atoms with Crippen LogP contribution in [0.5, 0.6) is 0 Å². The number of aliphatic hydroxyl groups is 1. The minimum atomic E-state index is -0.585. The van der Waals surface area contributed by atoms with Crippen LogP contribution in [0.25, 0.3) is 16.0 Å². The molecule has 5 rings (SSSR count). The average Bonchev–Trinajstić information content (AvgIpc) is 3.54. The Morgan fingerprint density at radius 1 is 1.21 bits per heavy atom. The van der Waals surface area contributed by atoms with Gasteiger partial charge in [-0.15, -0.1) is 11.3 Å². The Kier molecular flexibility index (Phi) is 5.55. The van der Waals surface area contributed by atoms with E-state index in [1.807, 2.05) is 67.2 Å². The number of carbonyl (C=O) groups is 2. The van der Waals surface area contributed by atoms with E-state index in [1.54, 1.807) is 4.90 Å². The van der Waals surface area contributed by atoms with Crippen LogP contribution in [-0.4, -0.2) is 63.2 Å². The zero-order valence-electron chi connectivity index (χ0n) is 18.6. The first-order chi connectivity index (χ1) is 15.9. The summed E-state index contributed by atoms with van der Waals surface area (Å²) >= 11 is 2.78. The number of aromatic nitrogens is 2. The lowest BCUT2D eigenvalue weighted by Gasteiger charge is -2.26. The van der Waals surface area contributed by atoms with Gasteiger partial charge in [-0.05, 0) is 57.6 Å². The SMILES string of the molecule is Cc1c(C(=O)C2=C(O)C(=O)N(CCCN(C)C)C2c2cccs2)sc2nc3ccccc3n12. The molecule has 7 nitrogen and oxygen atoms in total. The number of imidazole rings is 1. The smallest absolute Gasteiger partial charge is 0.290 e. The molecule has 1 aliphatic heterocycles. The number of thiophene rings is 1. The second kappa shape index (κ2) is 8.40. The maximum atomic E-state index is 13.8. The molecule has 1 atom stereocenters. The van der Waals surface area contributed by atoms with Crippen LogP contribution in [0.4, 0.5) is 0 Å². The van der Waals surface area contributed by atoms with Gasteiger partial charge in [0, 0.05) is 17.1 Å². The van der Waals surface area contributed by atoms with Crippen LogP contribution in [0.2, 0.25) is 0 Å². The molecule has 1 amide bonds. The Hall–Kier alpha value is -3.01. The topological polar surface area (TPSA) is 78.2 Å². The quantitative estimate of drug-likeness (QED) is 0.396. The van der Waals surface area contributed by atoms with Crippen molar-refractivity contribution in [1.82, 2.24) is 19.2 Å². The zero-order valence-corrected chi connectivity index (χ0v) is 20.2. The molecule has 170 valence electrons. The summed E-state index contributed by atoms with van der Waals surface area (Å²) in [5.41, 5.74) is 2.72. The lowest BCUT2D eigenvalue weighted by molar-refractivity contribution is -0.129. The molecule has 0 spiro atoms. The summed E-state index contributed by atoms with van der Waals surface area (Å²) < 4.78 is 1.97. The second-order valence-corrected chi connectivity index (χ2v) is 10.4. The van der Waals surface area contributed by atoms with Gasteiger partial charge in [0.1, 0.15) is 0 Å².